The average molecular weight is 757 g/mol. The van der Waals surface area contributed by atoms with Crippen LogP contribution in [0.1, 0.15) is 22.3 Å². The first kappa shape index (κ1) is 37.2. The van der Waals surface area contributed by atoms with Gasteiger partial charge in [-0.25, -0.2) is 9.59 Å². The van der Waals surface area contributed by atoms with Crippen molar-refractivity contribution in [2.24, 2.45) is 0 Å². The smallest absolute Gasteiger partial charge is 0.330 e. The van der Waals surface area contributed by atoms with Crippen LogP contribution >= 0.6 is 0 Å². The molecule has 0 aliphatic heterocycles. The van der Waals surface area contributed by atoms with Crippen LogP contribution in [0.2, 0.25) is 0 Å². The molecule has 57 heavy (non-hydrogen) atoms. The number of esters is 2. The number of aliphatic hydroxyl groups is 2. The molecule has 0 spiro atoms. The predicted octanol–water partition coefficient (Wildman–Crippen LogP) is 8.45. The van der Waals surface area contributed by atoms with E-state index >= 15 is 0 Å². The molecule has 2 atom stereocenters. The van der Waals surface area contributed by atoms with Crippen LogP contribution < -0.4 is 9.47 Å². The highest BCUT2D eigenvalue weighted by atomic mass is 16.6. The van der Waals surface area contributed by atoms with Crippen LogP contribution in [0.5, 0.6) is 11.5 Å². The third-order valence-corrected chi connectivity index (χ3v) is 10.5. The summed E-state index contributed by atoms with van der Waals surface area (Å²) in [5, 5.41) is 26.9. The minimum atomic E-state index is -0.986. The molecule has 8 heteroatoms. The van der Waals surface area contributed by atoms with Crippen LogP contribution in [-0.2, 0) is 24.5 Å². The molecule has 0 saturated heterocycles. The van der Waals surface area contributed by atoms with Crippen LogP contribution in [-0.4, -0.2) is 60.8 Å². The predicted molar refractivity (Wildman–Crippen MR) is 222 cm³/mol. The lowest BCUT2D eigenvalue weighted by molar-refractivity contribution is -0.142. The summed E-state index contributed by atoms with van der Waals surface area (Å²) in [6.45, 7) is 6.29. The van der Waals surface area contributed by atoms with E-state index < -0.39 is 29.6 Å². The summed E-state index contributed by atoms with van der Waals surface area (Å²) >= 11 is 0. The van der Waals surface area contributed by atoms with Gasteiger partial charge in [0.15, 0.2) is 0 Å². The van der Waals surface area contributed by atoms with Gasteiger partial charge in [0.1, 0.15) is 50.1 Å². The third-order valence-electron chi connectivity index (χ3n) is 10.5. The van der Waals surface area contributed by atoms with Gasteiger partial charge in [-0.1, -0.05) is 98.1 Å². The zero-order valence-electron chi connectivity index (χ0n) is 31.1. The molecule has 0 bridgehead atoms. The number of carbonyl (C=O) groups is 2. The molecule has 1 aliphatic rings. The van der Waals surface area contributed by atoms with E-state index in [9.17, 15) is 19.8 Å². The molecule has 2 unspecified atom stereocenters. The van der Waals surface area contributed by atoms with Crippen LogP contribution in [0.15, 0.2) is 159 Å². The van der Waals surface area contributed by atoms with Crippen molar-refractivity contribution < 1.29 is 38.7 Å². The molecule has 0 fully saturated rings. The van der Waals surface area contributed by atoms with Gasteiger partial charge in [0.05, 0.1) is 5.41 Å². The van der Waals surface area contributed by atoms with E-state index in [0.717, 1.165) is 50.2 Å². The molecule has 2 N–H and O–H groups in total. The van der Waals surface area contributed by atoms with Gasteiger partial charge in [-0.2, -0.15) is 0 Å². The van der Waals surface area contributed by atoms with Crippen molar-refractivity contribution in [3.63, 3.8) is 0 Å². The fourth-order valence-electron chi connectivity index (χ4n) is 7.80. The maximum absolute atomic E-state index is 11.4. The first-order chi connectivity index (χ1) is 27.8. The van der Waals surface area contributed by atoms with Gasteiger partial charge in [-0.15, -0.1) is 0 Å². The number of aliphatic hydroxyl groups excluding tert-OH is 2. The fourth-order valence-corrected chi connectivity index (χ4v) is 7.80. The zero-order chi connectivity index (χ0) is 39.5. The average Bonchev–Trinajstić information content (AvgIpc) is 3.54. The first-order valence-electron chi connectivity index (χ1n) is 18.7. The minimum absolute atomic E-state index is 0.0383. The highest BCUT2D eigenvalue weighted by Gasteiger charge is 2.46. The van der Waals surface area contributed by atoms with Crippen molar-refractivity contribution in [3.05, 3.63) is 181 Å². The normalized spacial score (nSPS) is 15.3. The highest BCUT2D eigenvalue weighted by Crippen LogP contribution is 2.57. The van der Waals surface area contributed by atoms with Crippen molar-refractivity contribution in [1.29, 1.82) is 0 Å². The largest absolute Gasteiger partial charge is 0.491 e. The van der Waals surface area contributed by atoms with Gasteiger partial charge in [0.2, 0.25) is 0 Å². The Kier molecular flexibility index (Phi) is 10.3. The second-order valence-electron chi connectivity index (χ2n) is 14.1. The third kappa shape index (κ3) is 7.24. The second-order valence-corrected chi connectivity index (χ2v) is 14.1. The number of carbonyl (C=O) groups excluding carboxylic acids is 2. The Balaban J connectivity index is 1.19. The highest BCUT2D eigenvalue weighted by molar-refractivity contribution is 5.97. The SMILES string of the molecule is C=CC(=O)OCC(O)COc1ccc2cc(C3(c4ccc5cc(OCC(O)COC(=O)C=C)ccc5c4)c4ccccc4-c4cc5ccccc5cc43)ccc2c1. The Morgan fingerprint density at radius 1 is 0.509 bits per heavy atom. The Morgan fingerprint density at radius 3 is 1.51 bits per heavy atom. The van der Waals surface area contributed by atoms with Gasteiger partial charge in [-0.3, -0.25) is 0 Å². The van der Waals surface area contributed by atoms with E-state index in [2.05, 4.69) is 110 Å². The summed E-state index contributed by atoms with van der Waals surface area (Å²) in [7, 11) is 0. The van der Waals surface area contributed by atoms with E-state index in [1.165, 1.54) is 27.6 Å². The van der Waals surface area contributed by atoms with E-state index in [1.807, 2.05) is 36.4 Å². The number of benzene rings is 7. The molecule has 0 radical (unpaired) electrons. The molecular weight excluding hydrogens is 717 g/mol. The van der Waals surface area contributed by atoms with Crippen LogP contribution in [0.3, 0.4) is 0 Å². The number of ether oxygens (including phenoxy) is 4. The summed E-state index contributed by atoms with van der Waals surface area (Å²) in [5.41, 5.74) is 6.28. The molecule has 0 saturated carbocycles. The van der Waals surface area contributed by atoms with E-state index in [4.69, 9.17) is 18.9 Å². The van der Waals surface area contributed by atoms with E-state index in [1.54, 1.807) is 0 Å². The van der Waals surface area contributed by atoms with Crippen molar-refractivity contribution >= 4 is 44.3 Å². The van der Waals surface area contributed by atoms with Gasteiger partial charge >= 0.3 is 11.9 Å². The molecular formula is C49H40O8. The molecule has 8 rings (SSSR count). The van der Waals surface area contributed by atoms with Gasteiger partial charge in [0.25, 0.3) is 0 Å². The Bertz CT molecular complexity index is 2560. The number of hydrogen-bond donors (Lipinski definition) is 2. The summed E-state index contributed by atoms with van der Waals surface area (Å²) in [4.78, 5) is 22.8. The molecule has 284 valence electrons. The van der Waals surface area contributed by atoms with Crippen molar-refractivity contribution in [3.8, 4) is 22.6 Å². The summed E-state index contributed by atoms with van der Waals surface area (Å²) in [5.74, 6) is -0.0231. The second kappa shape index (κ2) is 15.8. The van der Waals surface area contributed by atoms with Crippen LogP contribution in [0.25, 0.3) is 43.4 Å². The fraction of sp³-hybridized carbons (Fsp3) is 0.143. The van der Waals surface area contributed by atoms with E-state index in [-0.39, 0.29) is 26.4 Å². The van der Waals surface area contributed by atoms with Gasteiger partial charge < -0.3 is 29.2 Å². The molecule has 7 aromatic carbocycles. The standard InChI is InChI=1S/C49H40O8/c1-3-47(52)56-29-39(50)27-54-41-19-15-33-21-37(17-13-35(33)23-41)49(45-12-8-7-11-43(45)44-25-31-9-5-6-10-32(31)26-46(44)49)38-18-14-36-24-42(20-16-34(36)22-38)55-28-40(51)30-57-48(53)4-2/h3-26,39-40,50-51H,1-2,27-30H2. The Morgan fingerprint density at radius 2 is 0.965 bits per heavy atom. The maximum Gasteiger partial charge on any atom is 0.330 e. The molecule has 0 heterocycles. The first-order valence-corrected chi connectivity index (χ1v) is 18.7. The molecule has 1 aliphatic carbocycles. The lowest BCUT2D eigenvalue weighted by atomic mass is 9.67. The van der Waals surface area contributed by atoms with Crippen LogP contribution in [0.4, 0.5) is 0 Å². The van der Waals surface area contributed by atoms with Crippen LogP contribution in [0, 0.1) is 0 Å². The quantitative estimate of drug-likeness (QED) is 0.0841. The molecule has 8 nitrogen and oxygen atoms in total. The topological polar surface area (TPSA) is 112 Å². The van der Waals surface area contributed by atoms with Crippen molar-refractivity contribution in [2.75, 3.05) is 26.4 Å². The zero-order valence-corrected chi connectivity index (χ0v) is 31.1. The summed E-state index contributed by atoms with van der Waals surface area (Å²) in [6.07, 6.45) is 0.134. The number of hydrogen-bond acceptors (Lipinski definition) is 8. The minimum Gasteiger partial charge on any atom is -0.491 e. The Labute approximate surface area is 329 Å². The summed E-state index contributed by atoms with van der Waals surface area (Å²) in [6, 6.07) is 46.6. The van der Waals surface area contributed by atoms with Gasteiger partial charge in [0, 0.05) is 12.2 Å². The molecule has 0 amide bonds. The van der Waals surface area contributed by atoms with Gasteiger partial charge in [-0.05, 0) is 114 Å². The van der Waals surface area contributed by atoms with Crippen molar-refractivity contribution in [2.45, 2.75) is 17.6 Å². The Hall–Kier alpha value is -6.74. The summed E-state index contributed by atoms with van der Waals surface area (Å²) < 4.78 is 21.7. The lowest BCUT2D eigenvalue weighted by Gasteiger charge is -2.34. The molecule has 7 aromatic rings. The maximum atomic E-state index is 11.4. The number of rotatable bonds is 14. The van der Waals surface area contributed by atoms with E-state index in [0.29, 0.717) is 11.5 Å². The molecule has 0 aromatic heterocycles. The lowest BCUT2D eigenvalue weighted by Crippen LogP contribution is -2.28. The van der Waals surface area contributed by atoms with Crippen molar-refractivity contribution in [1.82, 2.24) is 0 Å². The number of fused-ring (bicyclic) bond motifs is 6. The monoisotopic (exact) mass is 756 g/mol.